The van der Waals surface area contributed by atoms with Gasteiger partial charge in [-0.3, -0.25) is 51.5 Å². The van der Waals surface area contributed by atoms with E-state index < -0.39 is 136 Å². The van der Waals surface area contributed by atoms with Gasteiger partial charge < -0.3 is 93.8 Å². The highest BCUT2D eigenvalue weighted by Crippen LogP contribution is 2.63. The Hall–Kier alpha value is -5.15. The lowest BCUT2D eigenvalue weighted by Crippen LogP contribution is -2.46. The summed E-state index contributed by atoms with van der Waals surface area (Å²) < 4.78 is 107. The maximum atomic E-state index is 13.6. The number of nitrogens with two attached hydrogens (primary N) is 2. The van der Waals surface area contributed by atoms with Crippen molar-refractivity contribution in [2.24, 2.45) is 7.05 Å². The molecule has 3 saturated heterocycles. The molecular weight excluding hydrogens is 1110 g/mol. The summed E-state index contributed by atoms with van der Waals surface area (Å²) in [6, 6.07) is 0. The van der Waals surface area contributed by atoms with Crippen molar-refractivity contribution >= 4 is 82.5 Å². The lowest BCUT2D eigenvalue weighted by atomic mass is 10.1. The van der Waals surface area contributed by atoms with Crippen LogP contribution in [0.2, 0.25) is 0 Å². The lowest BCUT2D eigenvalue weighted by Gasteiger charge is -2.35. The molecule has 0 amide bonds. The third-order valence-electron chi connectivity index (χ3n) is 11.7. The minimum Gasteiger partial charge on any atom is -0.756 e. The summed E-state index contributed by atoms with van der Waals surface area (Å²) in [6.45, 7) is -3.71. The monoisotopic (exact) mass is 1160 g/mol. The Morgan fingerprint density at radius 1 is 0.711 bits per heavy atom. The first kappa shape index (κ1) is 55.6. The number of aliphatic hydroxyl groups is 4. The topological polar surface area (TPSA) is 560 Å². The van der Waals surface area contributed by atoms with Crippen LogP contribution in [-0.2, 0) is 71.0 Å². The van der Waals surface area contributed by atoms with E-state index in [-0.39, 0.29) is 51.2 Å². The molecule has 3 fully saturated rings. The Kier molecular flexibility index (Phi) is 15.3. The number of anilines is 3. The van der Waals surface area contributed by atoms with Gasteiger partial charge in [0.1, 0.15) is 66.8 Å². The fourth-order valence-corrected chi connectivity index (χ4v) is 12.8. The van der Waals surface area contributed by atoms with Gasteiger partial charge in [-0.15, -0.1) is 0 Å². The van der Waals surface area contributed by atoms with Crippen molar-refractivity contribution in [3.05, 3.63) is 46.0 Å². The molecule has 16 atom stereocenters. The maximum Gasteiger partial charge on any atom is 0.313 e. The van der Waals surface area contributed by atoms with Crippen LogP contribution in [0.3, 0.4) is 0 Å². The quantitative estimate of drug-likeness (QED) is 0.0253. The molecule has 0 bridgehead atoms. The molecule has 9 heterocycles. The van der Waals surface area contributed by atoms with E-state index in [4.69, 9.17) is 44.0 Å². The van der Waals surface area contributed by atoms with E-state index in [0.717, 1.165) is 35.2 Å². The number of rotatable bonds is 20. The molecule has 6 aromatic rings. The molecule has 0 aromatic carbocycles. The number of aromatic amines is 2. The third kappa shape index (κ3) is 11.0. The largest absolute Gasteiger partial charge is 0.756 e. The van der Waals surface area contributed by atoms with E-state index in [0.29, 0.717) is 0 Å². The summed E-state index contributed by atoms with van der Waals surface area (Å²) in [5.41, 5.74) is 9.49. The van der Waals surface area contributed by atoms with E-state index >= 15 is 0 Å². The highest BCUT2D eigenvalue weighted by molar-refractivity contribution is 7.65. The number of hydrogen-bond donors (Lipinski definition) is 9. The van der Waals surface area contributed by atoms with E-state index in [1.807, 2.05) is 0 Å². The number of phosphoric ester groups is 3. The number of methoxy groups -OCH3 is 1. The predicted octanol–water partition coefficient (Wildman–Crippen LogP) is -6.78. The lowest BCUT2D eigenvalue weighted by molar-refractivity contribution is -0.745. The van der Waals surface area contributed by atoms with Crippen LogP contribution in [0.4, 0.5) is 17.7 Å². The van der Waals surface area contributed by atoms with Crippen molar-refractivity contribution in [2.75, 3.05) is 50.8 Å². The summed E-state index contributed by atoms with van der Waals surface area (Å²) in [7, 11) is -20.8. The number of phosphoric acid groups is 4. The zero-order valence-corrected chi connectivity index (χ0v) is 42.3. The molecule has 11 N–H and O–H groups in total. The number of aromatic nitrogens is 12. The first-order valence-electron chi connectivity index (χ1n) is 21.5. The van der Waals surface area contributed by atoms with Crippen LogP contribution in [-0.4, -0.2) is 163 Å². The van der Waals surface area contributed by atoms with E-state index in [9.17, 15) is 67.8 Å². The Morgan fingerprint density at radius 2 is 1.28 bits per heavy atom. The third-order valence-corrected chi connectivity index (χ3v) is 16.8. The predicted molar refractivity (Wildman–Crippen MR) is 235 cm³/mol. The average Bonchev–Trinajstić information content (AvgIpc) is 4.19. The molecule has 0 aliphatic carbocycles. The number of hydrogen-bond acceptors (Lipinski definition) is 33. The number of nitrogens with one attached hydrogen (secondary N) is 3. The van der Waals surface area contributed by atoms with Crippen molar-refractivity contribution < 1.29 is 108 Å². The van der Waals surface area contributed by atoms with Gasteiger partial charge in [0.15, 0.2) is 41.4 Å². The molecule has 0 radical (unpaired) electrons. The number of ether oxygens (including phenoxy) is 4. The van der Waals surface area contributed by atoms with Gasteiger partial charge in [0.05, 0.1) is 39.5 Å². The van der Waals surface area contributed by atoms with E-state index in [1.165, 1.54) is 29.6 Å². The molecule has 7 unspecified atom stereocenters. The van der Waals surface area contributed by atoms with Crippen molar-refractivity contribution in [1.29, 1.82) is 0 Å². The second-order valence-electron chi connectivity index (χ2n) is 16.6. The smallest absolute Gasteiger partial charge is 0.313 e. The SMILES string of the molecule is CNc1ncnc2c1ncn2[C@@H]1O[C@H](COP(=O)([O-])OP(=O)([O-])OP(=O)([O-])OC[C@@H]2O[C@H]([n+]3cn(C)c4c(=O)[nH]c(N)nc43)[C@H](O)C2O)C(OP(=O)([O-])OC[C@H]2O[C@@H](n3cnc4c(=O)[nH]c(N)nc43)[C@@H](O)C2O)[C@@H]1OC. The number of nitrogen functional groups attached to an aromatic ring is 2. The van der Waals surface area contributed by atoms with Gasteiger partial charge in [0.25, 0.3) is 48.4 Å². The van der Waals surface area contributed by atoms with Crippen molar-refractivity contribution in [2.45, 2.75) is 73.6 Å². The van der Waals surface area contributed by atoms with Crippen LogP contribution in [0.25, 0.3) is 33.5 Å². The number of fused-ring (bicyclic) bond motifs is 3. The second-order valence-corrected chi connectivity index (χ2v) is 22.5. The molecule has 0 saturated carbocycles. The van der Waals surface area contributed by atoms with Crippen LogP contribution < -0.4 is 52.0 Å². The standard InChI is InChI=1S/C33H45N15O24P4/c1-36-23-14-24(38-7-37-23)46(8-39-14)31-22(63-3)21(70-73(55,56)64-4-11-17(49)19(51)29(67-11)47-9-40-15-25(47)41-32(34)43-27(15)53)13(69-31)6-66-75(59,60)72-76(61,62)71-74(57,58)65-5-12-18(50)20(52)30(68-12)48-10-45(2)16-26(48)42-33(35)44-28(16)54/h7-13,17-22,29-31,49-52H,4-6H2,1-3H3,(H10-,34,35,36,37,38,41,42,43,44,53,54,55,56,57,58,59,60,61,62)/p-3/t11-,12+,13-,17?,18?,19+,20-,21?,22+,29-,30+,31-/m1/s1. The minimum atomic E-state index is -6.59. The Labute approximate surface area is 421 Å². The molecule has 76 heavy (non-hydrogen) atoms. The first-order valence-corrected chi connectivity index (χ1v) is 27.4. The summed E-state index contributed by atoms with van der Waals surface area (Å²) in [5.74, 6) is -0.439. The Bertz CT molecular complexity index is 3490. The van der Waals surface area contributed by atoms with Crippen LogP contribution >= 0.6 is 31.3 Å². The minimum absolute atomic E-state index is 0.0443. The highest BCUT2D eigenvalue weighted by atomic mass is 31.3. The molecule has 6 aromatic heterocycles. The summed E-state index contributed by atoms with van der Waals surface area (Å²) in [5, 5.41) is 45.9. The number of aryl methyl sites for hydroxylation is 1. The normalized spacial score (nSPS) is 30.2. The Balaban J connectivity index is 0.868. The summed E-state index contributed by atoms with van der Waals surface area (Å²) >= 11 is 0. The van der Waals surface area contributed by atoms with Crippen LogP contribution in [0, 0.1) is 0 Å². The van der Waals surface area contributed by atoms with Crippen molar-refractivity contribution in [3.8, 4) is 0 Å². The molecular formula is C33H42N15O24P4-3. The average molecular weight is 1160 g/mol. The summed E-state index contributed by atoms with van der Waals surface area (Å²) in [6.07, 6.45) is -16.4. The molecule has 3 aliphatic rings. The van der Waals surface area contributed by atoms with Gasteiger partial charge in [-0.05, 0) is 0 Å². The number of imidazole rings is 3. The van der Waals surface area contributed by atoms with Crippen LogP contribution in [0.15, 0.2) is 34.9 Å². The number of aliphatic hydroxyl groups excluding tert-OH is 4. The van der Waals surface area contributed by atoms with Gasteiger partial charge in [-0.2, -0.15) is 4.98 Å². The molecule has 9 rings (SSSR count). The van der Waals surface area contributed by atoms with Crippen LogP contribution in [0.5, 0.6) is 0 Å². The molecule has 0 spiro atoms. The first-order chi connectivity index (χ1) is 35.7. The number of nitrogens with zero attached hydrogens (tertiary/aromatic N) is 10. The van der Waals surface area contributed by atoms with E-state index in [2.05, 4.69) is 58.3 Å². The zero-order chi connectivity index (χ0) is 55.0. The van der Waals surface area contributed by atoms with Gasteiger partial charge in [-0.1, -0.05) is 4.98 Å². The molecule has 39 nitrogen and oxygen atoms in total. The Morgan fingerprint density at radius 3 is 1.93 bits per heavy atom. The van der Waals surface area contributed by atoms with Gasteiger partial charge in [-0.25, -0.2) is 33.1 Å². The molecule has 416 valence electrons. The highest BCUT2D eigenvalue weighted by Gasteiger charge is 2.51. The van der Waals surface area contributed by atoms with Crippen LogP contribution in [0.1, 0.15) is 18.7 Å². The van der Waals surface area contributed by atoms with Gasteiger partial charge in [0.2, 0.25) is 17.7 Å². The van der Waals surface area contributed by atoms with Crippen molar-refractivity contribution in [1.82, 2.24) is 53.6 Å². The zero-order valence-electron chi connectivity index (χ0n) is 38.7. The molecule has 3 aliphatic heterocycles. The maximum absolute atomic E-state index is 13.6. The summed E-state index contributed by atoms with van der Waals surface area (Å²) in [4.78, 5) is 106. The fraction of sp³-hybridized carbons (Fsp3) is 0.545. The van der Waals surface area contributed by atoms with E-state index in [1.54, 1.807) is 0 Å². The van der Waals surface area contributed by atoms with Gasteiger partial charge >= 0.3 is 5.65 Å². The number of H-pyrrole nitrogens is 2. The van der Waals surface area contributed by atoms with Crippen molar-refractivity contribution in [3.63, 3.8) is 0 Å². The molecule has 43 heteroatoms. The second kappa shape index (κ2) is 20.9. The fourth-order valence-electron chi connectivity index (χ4n) is 8.42. The van der Waals surface area contributed by atoms with Gasteiger partial charge in [0, 0.05) is 14.2 Å².